The molecule has 0 saturated heterocycles. The van der Waals surface area contributed by atoms with E-state index in [2.05, 4.69) is 4.98 Å². The van der Waals surface area contributed by atoms with Crippen LogP contribution in [0.4, 0.5) is 0 Å². The van der Waals surface area contributed by atoms with E-state index in [4.69, 9.17) is 0 Å². The Hall–Kier alpha value is -1.52. The summed E-state index contributed by atoms with van der Waals surface area (Å²) >= 11 is 0. The van der Waals surface area contributed by atoms with Crippen LogP contribution in [0.15, 0.2) is 9.59 Å². The van der Waals surface area contributed by atoms with Gasteiger partial charge in [-0.25, -0.2) is 4.79 Å². The molecule has 1 aromatic heterocycles. The van der Waals surface area contributed by atoms with E-state index >= 15 is 0 Å². The molecule has 0 radical (unpaired) electrons. The Morgan fingerprint density at radius 2 is 2.07 bits per heavy atom. The van der Waals surface area contributed by atoms with Crippen LogP contribution in [0, 0.1) is 12.8 Å². The zero-order valence-corrected chi connectivity index (χ0v) is 9.20. The summed E-state index contributed by atoms with van der Waals surface area (Å²) < 4.78 is 1.20. The van der Waals surface area contributed by atoms with Gasteiger partial charge in [0.2, 0.25) is 5.88 Å². The lowest BCUT2D eigenvalue weighted by Crippen LogP contribution is -2.32. The highest BCUT2D eigenvalue weighted by Crippen LogP contribution is 2.11. The molecule has 84 valence electrons. The Bertz CT molecular complexity index is 459. The molecule has 0 spiro atoms. The average molecular weight is 212 g/mol. The maximum atomic E-state index is 11.4. The number of H-pyrrole nitrogens is 1. The van der Waals surface area contributed by atoms with Crippen molar-refractivity contribution in [1.82, 2.24) is 9.55 Å². The highest BCUT2D eigenvalue weighted by atomic mass is 16.3. The van der Waals surface area contributed by atoms with Crippen LogP contribution < -0.4 is 11.2 Å². The maximum absolute atomic E-state index is 11.4. The molecule has 2 N–H and O–H groups in total. The van der Waals surface area contributed by atoms with Crippen molar-refractivity contribution in [2.24, 2.45) is 5.92 Å². The molecule has 0 fully saturated rings. The first-order valence-corrected chi connectivity index (χ1v) is 5.00. The van der Waals surface area contributed by atoms with E-state index in [0.717, 1.165) is 6.42 Å². The average Bonchev–Trinajstić information content (AvgIpc) is 2.21. The van der Waals surface area contributed by atoms with Crippen LogP contribution in [0.1, 0.15) is 25.8 Å². The van der Waals surface area contributed by atoms with E-state index in [1.165, 1.54) is 11.5 Å². The topological polar surface area (TPSA) is 75.1 Å². The first-order valence-electron chi connectivity index (χ1n) is 5.00. The molecular formula is C10H16N2O3. The van der Waals surface area contributed by atoms with Crippen molar-refractivity contribution in [3.05, 3.63) is 26.4 Å². The van der Waals surface area contributed by atoms with Gasteiger partial charge in [-0.3, -0.25) is 14.3 Å². The monoisotopic (exact) mass is 212 g/mol. The lowest BCUT2D eigenvalue weighted by atomic mass is 10.1. The van der Waals surface area contributed by atoms with Gasteiger partial charge in [-0.1, -0.05) is 20.3 Å². The molecule has 5 nitrogen and oxygen atoms in total. The molecule has 1 rings (SSSR count). The number of hydrogen-bond donors (Lipinski definition) is 2. The minimum Gasteiger partial charge on any atom is -0.494 e. The van der Waals surface area contributed by atoms with Crippen LogP contribution in [0.5, 0.6) is 5.88 Å². The lowest BCUT2D eigenvalue weighted by molar-refractivity contribution is 0.360. The second-order valence-electron chi connectivity index (χ2n) is 3.83. The Balaban J connectivity index is 3.24. The third-order valence-corrected chi connectivity index (χ3v) is 2.59. The number of rotatable bonds is 3. The first kappa shape index (κ1) is 11.6. The quantitative estimate of drug-likeness (QED) is 0.770. The van der Waals surface area contributed by atoms with Crippen molar-refractivity contribution in [3.63, 3.8) is 0 Å². The smallest absolute Gasteiger partial charge is 0.331 e. The van der Waals surface area contributed by atoms with E-state index in [1.54, 1.807) is 0 Å². The summed E-state index contributed by atoms with van der Waals surface area (Å²) in [6.07, 6.45) is 0.907. The normalized spacial score (nSPS) is 12.7. The molecule has 0 bridgehead atoms. The zero-order chi connectivity index (χ0) is 11.6. The predicted octanol–water partition coefficient (Wildman–Crippen LogP) is 0.597. The van der Waals surface area contributed by atoms with Gasteiger partial charge in [0.15, 0.2) is 0 Å². The fourth-order valence-electron chi connectivity index (χ4n) is 1.27. The maximum Gasteiger partial charge on any atom is 0.331 e. The first-order chi connectivity index (χ1) is 6.97. The Morgan fingerprint density at radius 3 is 2.60 bits per heavy atom. The number of nitrogens with zero attached hydrogens (tertiary/aromatic N) is 1. The summed E-state index contributed by atoms with van der Waals surface area (Å²) in [6, 6.07) is 0. The van der Waals surface area contributed by atoms with Crippen LogP contribution in [-0.2, 0) is 6.54 Å². The van der Waals surface area contributed by atoms with Gasteiger partial charge in [0.25, 0.3) is 5.56 Å². The fraction of sp³-hybridized carbons (Fsp3) is 0.600. The van der Waals surface area contributed by atoms with Crippen LogP contribution >= 0.6 is 0 Å². The third kappa shape index (κ3) is 2.29. The van der Waals surface area contributed by atoms with Crippen LogP contribution in [0.3, 0.4) is 0 Å². The van der Waals surface area contributed by atoms with Gasteiger partial charge in [0.1, 0.15) is 0 Å². The molecule has 1 atom stereocenters. The molecule has 0 saturated carbocycles. The van der Waals surface area contributed by atoms with Crippen molar-refractivity contribution in [2.75, 3.05) is 0 Å². The van der Waals surface area contributed by atoms with Crippen molar-refractivity contribution in [2.45, 2.75) is 33.7 Å². The van der Waals surface area contributed by atoms with E-state index in [1.807, 2.05) is 13.8 Å². The van der Waals surface area contributed by atoms with Crippen molar-refractivity contribution < 1.29 is 5.11 Å². The van der Waals surface area contributed by atoms with E-state index in [9.17, 15) is 14.7 Å². The highest BCUT2D eigenvalue weighted by molar-refractivity contribution is 5.20. The molecular weight excluding hydrogens is 196 g/mol. The largest absolute Gasteiger partial charge is 0.494 e. The van der Waals surface area contributed by atoms with Crippen LogP contribution in [0.25, 0.3) is 0 Å². The summed E-state index contributed by atoms with van der Waals surface area (Å²) in [5.74, 6) is 0.0444. The summed E-state index contributed by atoms with van der Waals surface area (Å²) in [4.78, 5) is 24.7. The number of aromatic amines is 1. The van der Waals surface area contributed by atoms with Gasteiger partial charge < -0.3 is 5.11 Å². The van der Waals surface area contributed by atoms with Crippen molar-refractivity contribution in [3.8, 4) is 5.88 Å². The Labute approximate surface area is 87.4 Å². The van der Waals surface area contributed by atoms with Crippen molar-refractivity contribution >= 4 is 0 Å². The summed E-state index contributed by atoms with van der Waals surface area (Å²) in [5.41, 5.74) is -0.904. The van der Waals surface area contributed by atoms with Gasteiger partial charge in [0, 0.05) is 6.54 Å². The molecule has 0 aromatic carbocycles. The molecule has 0 amide bonds. The number of nitrogens with one attached hydrogen (secondary N) is 1. The molecule has 0 aliphatic carbocycles. The minimum absolute atomic E-state index is 0.179. The number of aromatic nitrogens is 2. The van der Waals surface area contributed by atoms with E-state index in [-0.39, 0.29) is 17.4 Å². The third-order valence-electron chi connectivity index (χ3n) is 2.59. The number of hydrogen-bond acceptors (Lipinski definition) is 3. The molecule has 1 aromatic rings. The summed E-state index contributed by atoms with van der Waals surface area (Å²) in [6.45, 7) is 5.89. The van der Waals surface area contributed by atoms with Crippen LogP contribution in [-0.4, -0.2) is 14.7 Å². The fourth-order valence-corrected chi connectivity index (χ4v) is 1.27. The van der Waals surface area contributed by atoms with E-state index in [0.29, 0.717) is 6.54 Å². The van der Waals surface area contributed by atoms with Crippen molar-refractivity contribution in [1.29, 1.82) is 0 Å². The molecule has 0 aliphatic heterocycles. The standard InChI is InChI=1S/C10H16N2O3/c1-4-6(2)5-12-9(14)7(3)8(13)11-10(12)15/h6,14H,4-5H2,1-3H3,(H,11,13,15). The SMILES string of the molecule is CCC(C)Cn1c(O)c(C)c(=O)[nH]c1=O. The molecule has 1 unspecified atom stereocenters. The second-order valence-corrected chi connectivity index (χ2v) is 3.83. The molecule has 1 heterocycles. The van der Waals surface area contributed by atoms with Gasteiger partial charge in [-0.05, 0) is 12.8 Å². The Morgan fingerprint density at radius 1 is 1.47 bits per heavy atom. The highest BCUT2D eigenvalue weighted by Gasteiger charge is 2.11. The zero-order valence-electron chi connectivity index (χ0n) is 9.20. The minimum atomic E-state index is -0.552. The molecule has 0 aliphatic rings. The lowest BCUT2D eigenvalue weighted by Gasteiger charge is -2.13. The summed E-state index contributed by atoms with van der Waals surface area (Å²) in [5, 5.41) is 9.65. The second kappa shape index (κ2) is 4.33. The number of aromatic hydroxyl groups is 1. The Kier molecular flexibility index (Phi) is 3.34. The van der Waals surface area contributed by atoms with Gasteiger partial charge in [0.05, 0.1) is 5.56 Å². The van der Waals surface area contributed by atoms with E-state index < -0.39 is 11.2 Å². The molecule has 15 heavy (non-hydrogen) atoms. The van der Waals surface area contributed by atoms with Gasteiger partial charge in [-0.15, -0.1) is 0 Å². The summed E-state index contributed by atoms with van der Waals surface area (Å²) in [7, 11) is 0. The molecule has 5 heteroatoms. The predicted molar refractivity (Wildman–Crippen MR) is 57.2 cm³/mol. The van der Waals surface area contributed by atoms with Gasteiger partial charge >= 0.3 is 5.69 Å². The van der Waals surface area contributed by atoms with Gasteiger partial charge in [-0.2, -0.15) is 0 Å². The van der Waals surface area contributed by atoms with Crippen LogP contribution in [0.2, 0.25) is 0 Å².